The van der Waals surface area contributed by atoms with E-state index >= 15 is 0 Å². The van der Waals surface area contributed by atoms with E-state index in [0.717, 1.165) is 30.8 Å². The molecule has 116 valence electrons. The van der Waals surface area contributed by atoms with Gasteiger partial charge in [0.2, 0.25) is 5.91 Å². The third kappa shape index (κ3) is 4.44. The molecular formula is C16H24N2O3. The van der Waals surface area contributed by atoms with Crippen LogP contribution in [0.4, 0.5) is 0 Å². The molecule has 2 rings (SSSR count). The largest absolute Gasteiger partial charge is 0.496 e. The van der Waals surface area contributed by atoms with Crippen LogP contribution in [-0.4, -0.2) is 38.8 Å². The number of para-hydroxylation sites is 1. The molecule has 1 heterocycles. The van der Waals surface area contributed by atoms with Crippen LogP contribution in [0, 0.1) is 0 Å². The van der Waals surface area contributed by atoms with Gasteiger partial charge >= 0.3 is 0 Å². The fourth-order valence-corrected chi connectivity index (χ4v) is 2.56. The standard InChI is InChI=1S/C16H24N2O3/c1-3-14(13-6-4-5-7-15(13)20-2)18-16(19)10-12-11-17-8-9-21-12/h4-7,12,14,17H,3,8-11H2,1-2H3,(H,18,19). The minimum absolute atomic E-state index is 0.0152. The normalized spacial score (nSPS) is 19.8. The van der Waals surface area contributed by atoms with Crippen molar-refractivity contribution in [1.82, 2.24) is 10.6 Å². The van der Waals surface area contributed by atoms with E-state index in [0.29, 0.717) is 13.0 Å². The third-order valence-corrected chi connectivity index (χ3v) is 3.68. The second-order valence-corrected chi connectivity index (χ2v) is 5.17. The van der Waals surface area contributed by atoms with Crippen molar-refractivity contribution in [3.63, 3.8) is 0 Å². The molecule has 0 radical (unpaired) electrons. The van der Waals surface area contributed by atoms with Crippen molar-refractivity contribution in [2.75, 3.05) is 26.8 Å². The van der Waals surface area contributed by atoms with Crippen LogP contribution < -0.4 is 15.4 Å². The summed E-state index contributed by atoms with van der Waals surface area (Å²) in [4.78, 5) is 12.2. The summed E-state index contributed by atoms with van der Waals surface area (Å²) in [6, 6.07) is 7.76. The van der Waals surface area contributed by atoms with Gasteiger partial charge in [0.15, 0.2) is 0 Å². The summed E-state index contributed by atoms with van der Waals surface area (Å²) in [7, 11) is 1.65. The molecule has 1 aromatic rings. The summed E-state index contributed by atoms with van der Waals surface area (Å²) in [6.45, 7) is 4.31. The van der Waals surface area contributed by atoms with Crippen molar-refractivity contribution in [1.29, 1.82) is 0 Å². The third-order valence-electron chi connectivity index (χ3n) is 3.68. The molecule has 1 aromatic carbocycles. The summed E-state index contributed by atoms with van der Waals surface area (Å²) in [5, 5.41) is 6.31. The number of methoxy groups -OCH3 is 1. The van der Waals surface area contributed by atoms with E-state index in [4.69, 9.17) is 9.47 Å². The first-order valence-corrected chi connectivity index (χ1v) is 7.49. The molecule has 5 nitrogen and oxygen atoms in total. The first kappa shape index (κ1) is 15.8. The summed E-state index contributed by atoms with van der Waals surface area (Å²) in [5.41, 5.74) is 1.01. The van der Waals surface area contributed by atoms with Gasteiger partial charge in [-0.15, -0.1) is 0 Å². The van der Waals surface area contributed by atoms with Crippen LogP contribution in [0.25, 0.3) is 0 Å². The number of hydrogen-bond donors (Lipinski definition) is 2. The van der Waals surface area contributed by atoms with Crippen LogP contribution in [0.15, 0.2) is 24.3 Å². The lowest BCUT2D eigenvalue weighted by Gasteiger charge is -2.25. The molecule has 0 spiro atoms. The Hall–Kier alpha value is -1.59. The van der Waals surface area contributed by atoms with Gasteiger partial charge in [-0.05, 0) is 12.5 Å². The van der Waals surface area contributed by atoms with Crippen LogP contribution in [0.5, 0.6) is 5.75 Å². The van der Waals surface area contributed by atoms with Crippen molar-refractivity contribution in [3.8, 4) is 5.75 Å². The van der Waals surface area contributed by atoms with Crippen LogP contribution >= 0.6 is 0 Å². The number of ether oxygens (including phenoxy) is 2. The van der Waals surface area contributed by atoms with Crippen molar-refractivity contribution in [2.45, 2.75) is 31.9 Å². The Balaban J connectivity index is 1.96. The van der Waals surface area contributed by atoms with Crippen molar-refractivity contribution < 1.29 is 14.3 Å². The zero-order valence-corrected chi connectivity index (χ0v) is 12.7. The Labute approximate surface area is 126 Å². The second-order valence-electron chi connectivity index (χ2n) is 5.17. The van der Waals surface area contributed by atoms with Gasteiger partial charge in [0.1, 0.15) is 5.75 Å². The topological polar surface area (TPSA) is 59.6 Å². The van der Waals surface area contributed by atoms with E-state index in [-0.39, 0.29) is 18.1 Å². The lowest BCUT2D eigenvalue weighted by atomic mass is 10.0. The predicted octanol–water partition coefficient (Wildman–Crippen LogP) is 1.64. The maximum absolute atomic E-state index is 12.2. The molecule has 1 aliphatic rings. The lowest BCUT2D eigenvalue weighted by Crippen LogP contribution is -2.42. The highest BCUT2D eigenvalue weighted by Crippen LogP contribution is 2.26. The molecule has 1 saturated heterocycles. The highest BCUT2D eigenvalue weighted by atomic mass is 16.5. The SMILES string of the molecule is CCC(NC(=O)CC1CNCCO1)c1ccccc1OC. The summed E-state index contributed by atoms with van der Waals surface area (Å²) in [6.07, 6.45) is 1.17. The molecule has 1 aliphatic heterocycles. The van der Waals surface area contributed by atoms with E-state index in [1.54, 1.807) is 7.11 Å². The number of amides is 1. The van der Waals surface area contributed by atoms with E-state index in [1.807, 2.05) is 24.3 Å². The van der Waals surface area contributed by atoms with E-state index in [1.165, 1.54) is 0 Å². The molecule has 0 bridgehead atoms. The zero-order valence-electron chi connectivity index (χ0n) is 12.7. The highest BCUT2D eigenvalue weighted by molar-refractivity contribution is 5.77. The van der Waals surface area contributed by atoms with Gasteiger partial charge in [0.25, 0.3) is 0 Å². The number of hydrogen-bond acceptors (Lipinski definition) is 4. The predicted molar refractivity (Wildman–Crippen MR) is 81.4 cm³/mol. The number of carbonyl (C=O) groups excluding carboxylic acids is 1. The van der Waals surface area contributed by atoms with Crippen molar-refractivity contribution in [2.24, 2.45) is 0 Å². The second kappa shape index (κ2) is 8.00. The maximum atomic E-state index is 12.2. The van der Waals surface area contributed by atoms with Gasteiger partial charge in [-0.2, -0.15) is 0 Å². The zero-order chi connectivity index (χ0) is 15.1. The number of nitrogens with one attached hydrogen (secondary N) is 2. The van der Waals surface area contributed by atoms with Crippen LogP contribution in [0.2, 0.25) is 0 Å². The molecule has 0 saturated carbocycles. The molecule has 0 aromatic heterocycles. The molecule has 2 unspecified atom stereocenters. The first-order valence-electron chi connectivity index (χ1n) is 7.49. The number of carbonyl (C=O) groups is 1. The Morgan fingerprint density at radius 2 is 2.33 bits per heavy atom. The van der Waals surface area contributed by atoms with E-state index < -0.39 is 0 Å². The van der Waals surface area contributed by atoms with Crippen molar-refractivity contribution >= 4 is 5.91 Å². The van der Waals surface area contributed by atoms with Crippen LogP contribution in [0.3, 0.4) is 0 Å². The summed E-state index contributed by atoms with van der Waals surface area (Å²) >= 11 is 0. The average Bonchev–Trinajstić information content (AvgIpc) is 2.53. The molecule has 1 fully saturated rings. The minimum atomic E-state index is -0.0369. The highest BCUT2D eigenvalue weighted by Gasteiger charge is 2.21. The molecule has 2 N–H and O–H groups in total. The number of morpholine rings is 1. The Morgan fingerprint density at radius 3 is 3.00 bits per heavy atom. The Morgan fingerprint density at radius 1 is 1.52 bits per heavy atom. The van der Waals surface area contributed by atoms with Crippen molar-refractivity contribution in [3.05, 3.63) is 29.8 Å². The lowest BCUT2D eigenvalue weighted by molar-refractivity contribution is -0.125. The minimum Gasteiger partial charge on any atom is -0.496 e. The van der Waals surface area contributed by atoms with Crippen LogP contribution in [-0.2, 0) is 9.53 Å². The van der Waals surface area contributed by atoms with Gasteiger partial charge in [0.05, 0.1) is 32.3 Å². The molecule has 1 amide bonds. The molecule has 21 heavy (non-hydrogen) atoms. The number of rotatable bonds is 6. The van der Waals surface area contributed by atoms with Gasteiger partial charge in [-0.1, -0.05) is 25.1 Å². The first-order chi connectivity index (χ1) is 10.2. The van der Waals surface area contributed by atoms with Crippen LogP contribution in [0.1, 0.15) is 31.4 Å². The van der Waals surface area contributed by atoms with E-state index in [2.05, 4.69) is 17.6 Å². The molecule has 5 heteroatoms. The van der Waals surface area contributed by atoms with E-state index in [9.17, 15) is 4.79 Å². The summed E-state index contributed by atoms with van der Waals surface area (Å²) in [5.74, 6) is 0.821. The maximum Gasteiger partial charge on any atom is 0.223 e. The van der Waals surface area contributed by atoms with Gasteiger partial charge in [-0.25, -0.2) is 0 Å². The Kier molecular flexibility index (Phi) is 6.02. The monoisotopic (exact) mass is 292 g/mol. The molecular weight excluding hydrogens is 268 g/mol. The molecule has 0 aliphatic carbocycles. The fourth-order valence-electron chi connectivity index (χ4n) is 2.56. The van der Waals surface area contributed by atoms with Gasteiger partial charge in [0, 0.05) is 18.7 Å². The molecule has 2 atom stereocenters. The quantitative estimate of drug-likeness (QED) is 0.837. The Bertz CT molecular complexity index is 459. The van der Waals surface area contributed by atoms with Gasteiger partial charge in [-0.3, -0.25) is 4.79 Å². The average molecular weight is 292 g/mol. The number of benzene rings is 1. The smallest absolute Gasteiger partial charge is 0.223 e. The summed E-state index contributed by atoms with van der Waals surface area (Å²) < 4.78 is 10.9. The van der Waals surface area contributed by atoms with Gasteiger partial charge < -0.3 is 20.1 Å². The fraction of sp³-hybridized carbons (Fsp3) is 0.562.